The third kappa shape index (κ3) is 9.02. The van der Waals surface area contributed by atoms with E-state index in [1.165, 1.54) is 12.1 Å². The Kier molecular flexibility index (Phi) is 12.3. The van der Waals surface area contributed by atoms with Crippen molar-refractivity contribution in [2.45, 2.75) is 0 Å². The molecule has 0 spiro atoms. The second-order valence-electron chi connectivity index (χ2n) is 8.16. The van der Waals surface area contributed by atoms with Gasteiger partial charge in [0.15, 0.2) is 0 Å². The number of aromatic carboxylic acids is 1. The van der Waals surface area contributed by atoms with Crippen LogP contribution in [0.15, 0.2) is 88.8 Å². The van der Waals surface area contributed by atoms with Gasteiger partial charge in [-0.25, -0.2) is 15.6 Å². The fourth-order valence-corrected chi connectivity index (χ4v) is 6.38. The van der Waals surface area contributed by atoms with Crippen molar-refractivity contribution >= 4 is 98.9 Å². The number of ether oxygens (including phenoxy) is 2. The summed E-state index contributed by atoms with van der Waals surface area (Å²) in [5.41, 5.74) is 6.50. The number of halogens is 4. The van der Waals surface area contributed by atoms with E-state index in [2.05, 4.69) is 84.8 Å². The average molecular weight is 829 g/mol. The van der Waals surface area contributed by atoms with Crippen LogP contribution in [0.1, 0.15) is 21.5 Å². The van der Waals surface area contributed by atoms with E-state index in [0.29, 0.717) is 11.5 Å². The number of nitrogens with zero attached hydrogens (tertiary/aromatic N) is 2. The molecule has 0 aliphatic carbocycles. The highest BCUT2D eigenvalue weighted by atomic mass is 79.9. The number of rotatable bonds is 7. The number of hydrazone groups is 2. The first-order chi connectivity index (χ1) is 20.0. The number of phenols is 1. The maximum absolute atomic E-state index is 10.7. The lowest BCUT2D eigenvalue weighted by Gasteiger charge is -2.08. The van der Waals surface area contributed by atoms with Gasteiger partial charge < -0.3 is 19.7 Å². The van der Waals surface area contributed by atoms with Gasteiger partial charge in [0.1, 0.15) is 22.8 Å². The number of carbonyl (C=O) groups is 1. The lowest BCUT2D eigenvalue weighted by molar-refractivity contribution is 0.0694. The number of benzene rings is 4. The topological polar surface area (TPSA) is 149 Å². The average Bonchev–Trinajstić information content (AvgIpc) is 2.92. The first kappa shape index (κ1) is 33.0. The van der Waals surface area contributed by atoms with Crippen LogP contribution in [0.4, 0.5) is 0 Å². The van der Waals surface area contributed by atoms with Crippen molar-refractivity contribution in [3.63, 3.8) is 0 Å². The van der Waals surface area contributed by atoms with Gasteiger partial charge >= 0.3 is 5.97 Å². The van der Waals surface area contributed by atoms with E-state index < -0.39 is 5.97 Å². The minimum atomic E-state index is -1.12. The molecular weight excluding hydrogens is 806 g/mol. The van der Waals surface area contributed by atoms with Crippen molar-refractivity contribution in [2.75, 3.05) is 14.2 Å². The molecule has 0 aromatic heterocycles. The summed E-state index contributed by atoms with van der Waals surface area (Å²) < 4.78 is 14.0. The van der Waals surface area contributed by atoms with Crippen LogP contribution in [0.25, 0.3) is 10.8 Å². The molecule has 0 saturated carbocycles. The molecule has 4 aromatic rings. The van der Waals surface area contributed by atoms with Crippen molar-refractivity contribution in [1.29, 1.82) is 5.41 Å². The third-order valence-corrected chi connectivity index (χ3v) is 7.43. The number of hydrogen-bond donors (Lipinski definition) is 5. The summed E-state index contributed by atoms with van der Waals surface area (Å²) >= 11 is 13.7. The third-order valence-electron chi connectivity index (χ3n) is 5.34. The van der Waals surface area contributed by atoms with Gasteiger partial charge in [0.25, 0.3) is 0 Å². The van der Waals surface area contributed by atoms with Gasteiger partial charge in [-0.15, -0.1) is 0 Å². The minimum absolute atomic E-state index is 0.0660. The maximum atomic E-state index is 10.7. The van der Waals surface area contributed by atoms with Crippen LogP contribution in [0.2, 0.25) is 0 Å². The summed E-state index contributed by atoms with van der Waals surface area (Å²) in [6.45, 7) is 0. The highest BCUT2D eigenvalue weighted by Crippen LogP contribution is 2.32. The largest absolute Gasteiger partial charge is 0.507 e. The molecule has 4 aromatic carbocycles. The van der Waals surface area contributed by atoms with Gasteiger partial charge in [0.05, 0.1) is 35.6 Å². The van der Waals surface area contributed by atoms with E-state index in [0.717, 1.165) is 39.8 Å². The number of methoxy groups -OCH3 is 2. The Balaban J connectivity index is 0.000000287. The molecule has 5 N–H and O–H groups in total. The van der Waals surface area contributed by atoms with Crippen molar-refractivity contribution in [1.82, 2.24) is 10.9 Å². The second kappa shape index (κ2) is 15.7. The maximum Gasteiger partial charge on any atom is 0.339 e. The minimum Gasteiger partial charge on any atom is -0.507 e. The van der Waals surface area contributed by atoms with Crippen LogP contribution in [0.5, 0.6) is 17.2 Å². The van der Waals surface area contributed by atoms with Gasteiger partial charge in [-0.3, -0.25) is 5.41 Å². The number of carboxylic acids is 1. The Bertz CT molecular complexity index is 1610. The van der Waals surface area contributed by atoms with E-state index in [9.17, 15) is 9.90 Å². The van der Waals surface area contributed by atoms with E-state index in [4.69, 9.17) is 20.0 Å². The van der Waals surface area contributed by atoms with Crippen molar-refractivity contribution in [2.24, 2.45) is 10.2 Å². The van der Waals surface area contributed by atoms with Gasteiger partial charge in [-0.05, 0) is 79.0 Å². The van der Waals surface area contributed by atoms with Crippen LogP contribution in [-0.2, 0) is 0 Å². The molecule has 0 aliphatic heterocycles. The number of fused-ring (bicyclic) bond motifs is 1. The second-order valence-corrected chi connectivity index (χ2v) is 11.7. The Labute approximate surface area is 274 Å². The highest BCUT2D eigenvalue weighted by molar-refractivity contribution is 9.11. The Morgan fingerprint density at radius 1 is 0.810 bits per heavy atom. The molecule has 10 nitrogen and oxygen atoms in total. The molecule has 4 rings (SSSR count). The van der Waals surface area contributed by atoms with Crippen LogP contribution in [-0.4, -0.2) is 48.8 Å². The Morgan fingerprint density at radius 3 is 1.69 bits per heavy atom. The smallest absolute Gasteiger partial charge is 0.339 e. The predicted octanol–water partition coefficient (Wildman–Crippen LogP) is 7.48. The van der Waals surface area contributed by atoms with Crippen LogP contribution in [0, 0.1) is 5.41 Å². The van der Waals surface area contributed by atoms with E-state index >= 15 is 0 Å². The van der Waals surface area contributed by atoms with Gasteiger partial charge in [-0.2, -0.15) is 10.2 Å². The lowest BCUT2D eigenvalue weighted by Crippen LogP contribution is -2.29. The molecule has 0 bridgehead atoms. The zero-order valence-corrected chi connectivity index (χ0v) is 28.3. The molecule has 0 atom stereocenters. The lowest BCUT2D eigenvalue weighted by atomic mass is 10.1. The summed E-state index contributed by atoms with van der Waals surface area (Å²) in [6, 6.07) is 17.6. The number of carboxylic acid groups (broad SMARTS) is 1. The number of guanidine groups is 1. The zero-order chi connectivity index (χ0) is 30.8. The van der Waals surface area contributed by atoms with Crippen molar-refractivity contribution in [3.05, 3.63) is 95.2 Å². The zero-order valence-electron chi connectivity index (χ0n) is 22.0. The van der Waals surface area contributed by atoms with Crippen molar-refractivity contribution < 1.29 is 24.5 Å². The molecule has 0 fully saturated rings. The Hall–Kier alpha value is -3.46. The van der Waals surface area contributed by atoms with Crippen molar-refractivity contribution in [3.8, 4) is 17.2 Å². The molecular formula is C28H23Br4N5O5. The highest BCUT2D eigenvalue weighted by Gasteiger charge is 2.10. The molecule has 42 heavy (non-hydrogen) atoms. The molecule has 14 heteroatoms. The SMILES string of the molecule is COc1c(Br)cc(Br)cc1C=NNC(=N)NN=Cc1cc(Br)cc(Br)c1OC.O=C(O)c1cc2ccccc2cc1O. The summed E-state index contributed by atoms with van der Waals surface area (Å²) in [5, 5.41) is 35.7. The van der Waals surface area contributed by atoms with Crippen LogP contribution in [0.3, 0.4) is 0 Å². The molecule has 0 heterocycles. The van der Waals surface area contributed by atoms with E-state index in [-0.39, 0.29) is 17.3 Å². The number of aromatic hydroxyl groups is 1. The summed E-state index contributed by atoms with van der Waals surface area (Å²) in [4.78, 5) is 10.7. The van der Waals surface area contributed by atoms with E-state index in [1.54, 1.807) is 32.7 Å². The standard InChI is InChI=1S/C17H15Br4N5O2.C11H8O3/c1-27-15-9(3-11(18)5-13(15)20)7-23-25-17(22)26-24-8-10-4-12(19)6-14(21)16(10)28-2;12-10-6-8-4-2-1-3-7(8)5-9(10)11(13)14/h3-8H,1-2H3,(H3,22,25,26);1-6,12H,(H,13,14). The van der Waals surface area contributed by atoms with Gasteiger partial charge in [-0.1, -0.05) is 56.1 Å². The first-order valence-electron chi connectivity index (χ1n) is 11.7. The van der Waals surface area contributed by atoms with Crippen LogP contribution >= 0.6 is 63.7 Å². The number of nitrogens with one attached hydrogen (secondary N) is 3. The quantitative estimate of drug-likeness (QED) is 0.0738. The molecule has 218 valence electrons. The number of hydrogen-bond acceptors (Lipinski definition) is 7. The van der Waals surface area contributed by atoms with Crippen LogP contribution < -0.4 is 20.3 Å². The molecule has 0 unspecified atom stereocenters. The first-order valence-corrected chi connectivity index (χ1v) is 14.9. The molecule has 0 radical (unpaired) electrons. The van der Waals surface area contributed by atoms with E-state index in [1.807, 2.05) is 42.5 Å². The monoisotopic (exact) mass is 825 g/mol. The normalized spacial score (nSPS) is 10.8. The molecule has 0 aliphatic rings. The predicted molar refractivity (Wildman–Crippen MR) is 179 cm³/mol. The van der Waals surface area contributed by atoms with Gasteiger partial charge in [0, 0.05) is 20.1 Å². The summed E-state index contributed by atoms with van der Waals surface area (Å²) in [6.07, 6.45) is 3.09. The Morgan fingerprint density at radius 2 is 1.26 bits per heavy atom. The fourth-order valence-electron chi connectivity index (χ4n) is 3.54. The molecule has 0 saturated heterocycles. The summed E-state index contributed by atoms with van der Waals surface area (Å²) in [5.74, 6) is -0.143. The fraction of sp³-hybridized carbons (Fsp3) is 0.0714. The van der Waals surface area contributed by atoms with Gasteiger partial charge in [0.2, 0.25) is 5.96 Å². The molecule has 0 amide bonds. The summed E-state index contributed by atoms with van der Waals surface area (Å²) in [7, 11) is 3.15.